The lowest BCUT2D eigenvalue weighted by atomic mass is 10.0. The second-order valence-corrected chi connectivity index (χ2v) is 10.1. The van der Waals surface area contributed by atoms with Gasteiger partial charge in [0, 0.05) is 26.4 Å². The van der Waals surface area contributed by atoms with E-state index in [1.54, 1.807) is 20.8 Å². The van der Waals surface area contributed by atoms with E-state index in [0.717, 1.165) is 5.56 Å². The number of ether oxygens (including phenoxy) is 2. The first-order chi connectivity index (χ1) is 17.3. The number of esters is 1. The lowest BCUT2D eigenvalue weighted by molar-refractivity contribution is -0.147. The van der Waals surface area contributed by atoms with Crippen LogP contribution in [0.1, 0.15) is 52.0 Å². The van der Waals surface area contributed by atoms with Crippen molar-refractivity contribution in [3.63, 3.8) is 0 Å². The van der Waals surface area contributed by atoms with E-state index in [0.29, 0.717) is 19.4 Å². The van der Waals surface area contributed by atoms with Gasteiger partial charge in [-0.25, -0.2) is 9.59 Å². The van der Waals surface area contributed by atoms with Crippen molar-refractivity contribution in [3.05, 3.63) is 35.9 Å². The van der Waals surface area contributed by atoms with Crippen LogP contribution in [0, 0.1) is 0 Å². The second-order valence-electron chi connectivity index (χ2n) is 10.1. The molecule has 11 nitrogen and oxygen atoms in total. The van der Waals surface area contributed by atoms with E-state index in [4.69, 9.17) is 15.2 Å². The van der Waals surface area contributed by atoms with Crippen molar-refractivity contribution >= 4 is 29.8 Å². The minimum absolute atomic E-state index is 0.0431. The molecule has 0 spiro atoms. The average Bonchev–Trinajstić information content (AvgIpc) is 3.33. The molecule has 0 aromatic heterocycles. The van der Waals surface area contributed by atoms with Gasteiger partial charge < -0.3 is 25.4 Å². The molecule has 2 rings (SSSR count). The number of methoxy groups -OCH3 is 1. The number of likely N-dealkylation sites (N-methyl/N-ethyl adjacent to an activating group) is 1. The van der Waals surface area contributed by atoms with E-state index in [-0.39, 0.29) is 19.3 Å². The zero-order valence-electron chi connectivity index (χ0n) is 22.2. The number of carbonyl (C=O) groups is 5. The molecule has 1 heterocycles. The standard InChI is InChI=1S/C26H38N4O7/c1-26(2,3)37-25(35)30-15-9-12-19(30)23(33)29(4)20(16-17-10-7-6-8-11-17)22(32)28-18(24(34)36-5)13-14-21(27)31/h6-8,10-11,18-20H,9,12-16H2,1-5H3,(H2,27,31)(H,28,32)/t18-,19-,20-/m0/s1. The Morgan fingerprint density at radius 3 is 2.38 bits per heavy atom. The molecular weight excluding hydrogens is 480 g/mol. The highest BCUT2D eigenvalue weighted by Crippen LogP contribution is 2.23. The van der Waals surface area contributed by atoms with Crippen molar-refractivity contribution in [3.8, 4) is 0 Å². The number of nitrogens with two attached hydrogens (primary N) is 1. The van der Waals surface area contributed by atoms with Gasteiger partial charge >= 0.3 is 12.1 Å². The SMILES string of the molecule is COC(=O)[C@H](CCC(N)=O)NC(=O)[C@H](Cc1ccccc1)N(C)C(=O)[C@@H]1CCCN1C(=O)OC(C)(C)C. The third-order valence-electron chi connectivity index (χ3n) is 6.04. The van der Waals surface area contributed by atoms with Gasteiger partial charge in [-0.15, -0.1) is 0 Å². The van der Waals surface area contributed by atoms with E-state index in [9.17, 15) is 24.0 Å². The maximum Gasteiger partial charge on any atom is 0.410 e. The highest BCUT2D eigenvalue weighted by molar-refractivity contribution is 5.93. The molecule has 204 valence electrons. The summed E-state index contributed by atoms with van der Waals surface area (Å²) in [6.07, 6.45) is 0.460. The zero-order chi connectivity index (χ0) is 27.8. The Hall–Kier alpha value is -3.63. The Balaban J connectivity index is 2.28. The van der Waals surface area contributed by atoms with E-state index >= 15 is 0 Å². The van der Waals surface area contributed by atoms with Crippen LogP contribution in [0.15, 0.2) is 30.3 Å². The molecule has 4 amide bonds. The summed E-state index contributed by atoms with van der Waals surface area (Å²) in [6, 6.07) is 6.22. The van der Waals surface area contributed by atoms with E-state index in [1.807, 2.05) is 30.3 Å². The molecule has 0 bridgehead atoms. The lowest BCUT2D eigenvalue weighted by Gasteiger charge is -2.34. The Kier molecular flexibility index (Phi) is 10.5. The van der Waals surface area contributed by atoms with Crippen LogP contribution in [0.3, 0.4) is 0 Å². The normalized spacial score (nSPS) is 16.9. The summed E-state index contributed by atoms with van der Waals surface area (Å²) in [7, 11) is 2.67. The molecule has 1 saturated heterocycles. The maximum absolute atomic E-state index is 13.6. The summed E-state index contributed by atoms with van der Waals surface area (Å²) in [5.74, 6) is -2.36. The first kappa shape index (κ1) is 29.6. The fraction of sp³-hybridized carbons (Fsp3) is 0.577. The van der Waals surface area contributed by atoms with Gasteiger partial charge in [0.1, 0.15) is 23.7 Å². The third-order valence-corrected chi connectivity index (χ3v) is 6.04. The van der Waals surface area contributed by atoms with Crippen molar-refractivity contribution in [2.45, 2.75) is 76.6 Å². The van der Waals surface area contributed by atoms with E-state index < -0.39 is 53.5 Å². The van der Waals surface area contributed by atoms with Crippen molar-refractivity contribution < 1.29 is 33.4 Å². The van der Waals surface area contributed by atoms with E-state index in [1.165, 1.54) is 24.0 Å². The van der Waals surface area contributed by atoms with Gasteiger partial charge in [0.15, 0.2) is 0 Å². The van der Waals surface area contributed by atoms with Crippen LogP contribution in [0.4, 0.5) is 4.79 Å². The number of benzene rings is 1. The number of hydrogen-bond donors (Lipinski definition) is 2. The number of rotatable bonds is 10. The third kappa shape index (κ3) is 8.76. The van der Waals surface area contributed by atoms with Crippen LogP contribution in [-0.2, 0) is 35.1 Å². The van der Waals surface area contributed by atoms with Crippen molar-refractivity contribution in [2.24, 2.45) is 5.73 Å². The summed E-state index contributed by atoms with van der Waals surface area (Å²) in [6.45, 7) is 5.62. The van der Waals surface area contributed by atoms with Crippen LogP contribution in [-0.4, -0.2) is 84.0 Å². The predicted octanol–water partition coefficient (Wildman–Crippen LogP) is 1.38. The van der Waals surface area contributed by atoms with Crippen LogP contribution in [0.2, 0.25) is 0 Å². The monoisotopic (exact) mass is 518 g/mol. The topological polar surface area (TPSA) is 148 Å². The number of carbonyl (C=O) groups excluding carboxylic acids is 5. The second kappa shape index (κ2) is 13.1. The molecule has 1 aromatic carbocycles. The molecule has 1 aliphatic rings. The highest BCUT2D eigenvalue weighted by Gasteiger charge is 2.41. The van der Waals surface area contributed by atoms with Gasteiger partial charge in [-0.1, -0.05) is 30.3 Å². The highest BCUT2D eigenvalue weighted by atomic mass is 16.6. The van der Waals surface area contributed by atoms with Gasteiger partial charge in [-0.05, 0) is 45.6 Å². The summed E-state index contributed by atoms with van der Waals surface area (Å²) >= 11 is 0. The summed E-state index contributed by atoms with van der Waals surface area (Å²) in [5.41, 5.74) is 5.29. The number of nitrogens with zero attached hydrogens (tertiary/aromatic N) is 2. The number of nitrogens with one attached hydrogen (secondary N) is 1. The minimum atomic E-state index is -1.11. The Bertz CT molecular complexity index is 977. The van der Waals surface area contributed by atoms with Crippen LogP contribution >= 0.6 is 0 Å². The van der Waals surface area contributed by atoms with Gasteiger partial charge in [-0.2, -0.15) is 0 Å². The van der Waals surface area contributed by atoms with Crippen molar-refractivity contribution in [2.75, 3.05) is 20.7 Å². The first-order valence-corrected chi connectivity index (χ1v) is 12.3. The summed E-state index contributed by atoms with van der Waals surface area (Å²) in [4.78, 5) is 66.0. The largest absolute Gasteiger partial charge is 0.467 e. The summed E-state index contributed by atoms with van der Waals surface area (Å²) in [5, 5.41) is 2.61. The number of primary amides is 1. The predicted molar refractivity (Wildman–Crippen MR) is 135 cm³/mol. The minimum Gasteiger partial charge on any atom is -0.467 e. The van der Waals surface area contributed by atoms with Crippen LogP contribution < -0.4 is 11.1 Å². The fourth-order valence-electron chi connectivity index (χ4n) is 4.14. The molecule has 37 heavy (non-hydrogen) atoms. The molecule has 0 aliphatic carbocycles. The Morgan fingerprint density at radius 2 is 1.81 bits per heavy atom. The van der Waals surface area contributed by atoms with Crippen LogP contribution in [0.5, 0.6) is 0 Å². The smallest absolute Gasteiger partial charge is 0.410 e. The lowest BCUT2D eigenvalue weighted by Crippen LogP contribution is -2.56. The first-order valence-electron chi connectivity index (χ1n) is 12.3. The number of hydrogen-bond acceptors (Lipinski definition) is 7. The molecule has 3 atom stereocenters. The van der Waals surface area contributed by atoms with Crippen LogP contribution in [0.25, 0.3) is 0 Å². The number of amides is 4. The molecule has 3 N–H and O–H groups in total. The molecule has 1 aliphatic heterocycles. The van der Waals surface area contributed by atoms with E-state index in [2.05, 4.69) is 5.32 Å². The van der Waals surface area contributed by atoms with Gasteiger partial charge in [0.2, 0.25) is 17.7 Å². The molecule has 11 heteroatoms. The number of likely N-dealkylation sites (tertiary alicyclic amines) is 1. The molecule has 0 unspecified atom stereocenters. The average molecular weight is 519 g/mol. The van der Waals surface area contributed by atoms with Crippen molar-refractivity contribution in [1.29, 1.82) is 0 Å². The fourth-order valence-corrected chi connectivity index (χ4v) is 4.14. The van der Waals surface area contributed by atoms with Gasteiger partial charge in [0.05, 0.1) is 7.11 Å². The molecule has 1 fully saturated rings. The maximum atomic E-state index is 13.6. The molecule has 0 saturated carbocycles. The Labute approximate surface area is 217 Å². The van der Waals surface area contributed by atoms with Gasteiger partial charge in [-0.3, -0.25) is 19.3 Å². The molecule has 0 radical (unpaired) electrons. The molecule has 1 aromatic rings. The van der Waals surface area contributed by atoms with Gasteiger partial charge in [0.25, 0.3) is 0 Å². The Morgan fingerprint density at radius 1 is 1.16 bits per heavy atom. The summed E-state index contributed by atoms with van der Waals surface area (Å²) < 4.78 is 10.2. The quantitative estimate of drug-likeness (QED) is 0.445. The molecular formula is C26H38N4O7. The zero-order valence-corrected chi connectivity index (χ0v) is 22.2. The van der Waals surface area contributed by atoms with Crippen molar-refractivity contribution in [1.82, 2.24) is 15.1 Å².